The van der Waals surface area contributed by atoms with Crippen LogP contribution >= 0.6 is 0 Å². The summed E-state index contributed by atoms with van der Waals surface area (Å²) in [4.78, 5) is 20.8. The Bertz CT molecular complexity index is 901. The third-order valence-corrected chi connectivity index (χ3v) is 4.23. The minimum absolute atomic E-state index is 0.0294. The van der Waals surface area contributed by atoms with E-state index < -0.39 is 0 Å². The minimum Gasteiger partial charge on any atom is -0.392 e. The van der Waals surface area contributed by atoms with E-state index in [0.717, 1.165) is 22.8 Å². The van der Waals surface area contributed by atoms with E-state index in [1.807, 2.05) is 71.8 Å². The SMILES string of the molecule is O=C(Nc1ccccc1)C1=C[N+]2CN(c3ccc(CO)cc3)C=CC2=N1. The number of carbonyl (C=O) groups excluding carboxylic acids is 1. The first-order valence-corrected chi connectivity index (χ1v) is 8.31. The van der Waals surface area contributed by atoms with Gasteiger partial charge in [-0.05, 0) is 29.8 Å². The van der Waals surface area contributed by atoms with Crippen molar-refractivity contribution in [3.05, 3.63) is 84.3 Å². The van der Waals surface area contributed by atoms with Crippen molar-refractivity contribution in [3.63, 3.8) is 0 Å². The van der Waals surface area contributed by atoms with Gasteiger partial charge < -0.3 is 10.4 Å². The van der Waals surface area contributed by atoms with E-state index in [1.54, 1.807) is 6.20 Å². The lowest BCUT2D eigenvalue weighted by Gasteiger charge is -2.22. The van der Waals surface area contributed by atoms with Crippen molar-refractivity contribution in [1.82, 2.24) is 4.90 Å². The standard InChI is InChI=1S/C20H18N4O2/c25-13-15-6-8-17(9-7-15)23-11-10-19-22-18(12-24(19)14-23)20(26)21-16-4-2-1-3-5-16/h1-12,25H,13-14H2,(H,21,26)/q+1. The maximum absolute atomic E-state index is 12.4. The lowest BCUT2D eigenvalue weighted by atomic mass is 10.2. The van der Waals surface area contributed by atoms with Gasteiger partial charge in [-0.2, -0.15) is 4.99 Å². The number of aliphatic imine (C=N–C) groups is 1. The third kappa shape index (κ3) is 3.28. The molecule has 0 bridgehead atoms. The first kappa shape index (κ1) is 16.3. The number of benzene rings is 2. The second kappa shape index (κ2) is 6.95. The summed E-state index contributed by atoms with van der Waals surface area (Å²) in [6, 6.07) is 17.0. The van der Waals surface area contributed by atoms with E-state index in [9.17, 15) is 4.79 Å². The monoisotopic (exact) mass is 346 g/mol. The van der Waals surface area contributed by atoms with Gasteiger partial charge in [0.05, 0.1) is 6.61 Å². The molecule has 6 nitrogen and oxygen atoms in total. The van der Waals surface area contributed by atoms with Crippen LogP contribution in [0.5, 0.6) is 0 Å². The molecule has 1 amide bonds. The Balaban J connectivity index is 1.47. The summed E-state index contributed by atoms with van der Waals surface area (Å²) in [5.74, 6) is 0.511. The van der Waals surface area contributed by atoms with Crippen LogP contribution in [-0.4, -0.2) is 23.5 Å². The molecule has 2 aromatic rings. The van der Waals surface area contributed by atoms with Gasteiger partial charge in [0.15, 0.2) is 11.9 Å². The second-order valence-electron chi connectivity index (χ2n) is 6.03. The molecule has 0 saturated heterocycles. The number of rotatable bonds is 4. The zero-order valence-corrected chi connectivity index (χ0v) is 14.0. The zero-order chi connectivity index (χ0) is 17.9. The van der Waals surface area contributed by atoms with E-state index in [4.69, 9.17) is 5.11 Å². The van der Waals surface area contributed by atoms with Gasteiger partial charge in [0.25, 0.3) is 11.7 Å². The molecule has 129 valence electrons. The van der Waals surface area contributed by atoms with Crippen molar-refractivity contribution in [2.24, 2.45) is 4.99 Å². The third-order valence-electron chi connectivity index (χ3n) is 4.23. The van der Waals surface area contributed by atoms with Crippen LogP contribution in [0.15, 0.2) is 83.8 Å². The minimum atomic E-state index is -0.231. The highest BCUT2D eigenvalue weighted by molar-refractivity contribution is 6.10. The smallest absolute Gasteiger partial charge is 0.285 e. The van der Waals surface area contributed by atoms with Gasteiger partial charge >= 0.3 is 0 Å². The molecule has 0 aromatic heterocycles. The number of para-hydroxylation sites is 1. The lowest BCUT2D eigenvalue weighted by molar-refractivity contribution is -0.112. The zero-order valence-electron chi connectivity index (χ0n) is 14.0. The summed E-state index contributed by atoms with van der Waals surface area (Å²) in [6.07, 6.45) is 5.57. The molecule has 4 rings (SSSR count). The molecule has 26 heavy (non-hydrogen) atoms. The summed E-state index contributed by atoms with van der Waals surface area (Å²) >= 11 is 0. The first-order chi connectivity index (χ1) is 12.7. The summed E-state index contributed by atoms with van der Waals surface area (Å²) < 4.78 is 0. The molecule has 6 heteroatoms. The van der Waals surface area contributed by atoms with Crippen molar-refractivity contribution >= 4 is 23.1 Å². The number of nitrogens with zero attached hydrogens (tertiary/aromatic N) is 3. The molecule has 0 spiro atoms. The van der Waals surface area contributed by atoms with E-state index in [0.29, 0.717) is 12.4 Å². The molecule has 1 radical (unpaired) electrons. The highest BCUT2D eigenvalue weighted by Gasteiger charge is 2.35. The Labute approximate surface area is 151 Å². The molecule has 0 fully saturated rings. The van der Waals surface area contributed by atoms with Gasteiger partial charge in [0, 0.05) is 23.7 Å². The van der Waals surface area contributed by atoms with Crippen LogP contribution in [0.25, 0.3) is 0 Å². The number of amidine groups is 1. The Morgan fingerprint density at radius 1 is 1.15 bits per heavy atom. The number of aliphatic hydroxyl groups is 1. The van der Waals surface area contributed by atoms with E-state index in [1.165, 1.54) is 0 Å². The number of nitrogens with one attached hydrogen (secondary N) is 1. The van der Waals surface area contributed by atoms with Gasteiger partial charge in [-0.25, -0.2) is 0 Å². The van der Waals surface area contributed by atoms with Crippen LogP contribution in [0.4, 0.5) is 11.4 Å². The van der Waals surface area contributed by atoms with Crippen LogP contribution in [0, 0.1) is 0 Å². The van der Waals surface area contributed by atoms with Crippen LogP contribution in [-0.2, 0) is 11.4 Å². The Morgan fingerprint density at radius 2 is 1.92 bits per heavy atom. The number of aliphatic hydroxyl groups excluding tert-OH is 1. The van der Waals surface area contributed by atoms with Gasteiger partial charge in [-0.15, -0.1) is 0 Å². The molecule has 2 heterocycles. The fourth-order valence-electron chi connectivity index (χ4n) is 2.83. The number of hydrogen-bond donors (Lipinski definition) is 2. The molecular weight excluding hydrogens is 328 g/mol. The van der Waals surface area contributed by atoms with Crippen molar-refractivity contribution in [2.75, 3.05) is 16.9 Å². The lowest BCUT2D eigenvalue weighted by Crippen LogP contribution is -2.41. The van der Waals surface area contributed by atoms with Crippen molar-refractivity contribution in [1.29, 1.82) is 0 Å². The summed E-state index contributed by atoms with van der Waals surface area (Å²) in [5.41, 5.74) is 3.00. The summed E-state index contributed by atoms with van der Waals surface area (Å²) in [5, 5.41) is 12.0. The summed E-state index contributed by atoms with van der Waals surface area (Å²) in [7, 11) is 0. The first-order valence-electron chi connectivity index (χ1n) is 8.31. The quantitative estimate of drug-likeness (QED) is 0.836. The molecule has 0 aliphatic carbocycles. The predicted molar refractivity (Wildman–Crippen MR) is 102 cm³/mol. The number of fused-ring (bicyclic) bond motifs is 1. The van der Waals surface area contributed by atoms with Crippen molar-refractivity contribution < 1.29 is 9.90 Å². The van der Waals surface area contributed by atoms with E-state index in [-0.39, 0.29) is 12.5 Å². The van der Waals surface area contributed by atoms with Gasteiger partial charge in [0.2, 0.25) is 6.67 Å². The highest BCUT2D eigenvalue weighted by Crippen LogP contribution is 2.22. The number of amides is 1. The number of anilines is 2. The largest absolute Gasteiger partial charge is 0.392 e. The Hall–Kier alpha value is -3.22. The van der Waals surface area contributed by atoms with E-state index >= 15 is 0 Å². The maximum Gasteiger partial charge on any atom is 0.285 e. The van der Waals surface area contributed by atoms with Crippen LogP contribution in [0.3, 0.4) is 0 Å². The molecule has 2 aliphatic heterocycles. The van der Waals surface area contributed by atoms with Gasteiger partial charge in [-0.3, -0.25) is 9.69 Å². The fourth-order valence-corrected chi connectivity index (χ4v) is 2.83. The van der Waals surface area contributed by atoms with Crippen molar-refractivity contribution in [3.8, 4) is 0 Å². The molecule has 2 N–H and O–H groups in total. The Kier molecular flexibility index (Phi) is 4.35. The van der Waals surface area contributed by atoms with Gasteiger partial charge in [-0.1, -0.05) is 35.2 Å². The predicted octanol–water partition coefficient (Wildman–Crippen LogP) is 2.50. The number of carbonyl (C=O) groups is 1. The van der Waals surface area contributed by atoms with Gasteiger partial charge in [0.1, 0.15) is 0 Å². The average molecular weight is 346 g/mol. The van der Waals surface area contributed by atoms with E-state index in [2.05, 4.69) is 15.2 Å². The fraction of sp³-hybridized carbons (Fsp3) is 0.100. The topological polar surface area (TPSA) is 70.8 Å². The van der Waals surface area contributed by atoms with Crippen LogP contribution < -0.4 is 15.1 Å². The maximum atomic E-state index is 12.4. The molecule has 2 aromatic carbocycles. The second-order valence-corrected chi connectivity index (χ2v) is 6.03. The molecule has 0 unspecified atom stereocenters. The molecular formula is C20H18N4O2+. The average Bonchev–Trinajstić information content (AvgIpc) is 3.12. The Morgan fingerprint density at radius 3 is 2.65 bits per heavy atom. The van der Waals surface area contributed by atoms with Crippen molar-refractivity contribution in [2.45, 2.75) is 6.61 Å². The molecule has 0 atom stereocenters. The summed E-state index contributed by atoms with van der Waals surface area (Å²) in [6.45, 7) is 0.595. The normalized spacial score (nSPS) is 16.1. The van der Waals surface area contributed by atoms with Crippen LogP contribution in [0.1, 0.15) is 5.56 Å². The molecule has 0 saturated carbocycles. The van der Waals surface area contributed by atoms with Crippen LogP contribution in [0.2, 0.25) is 0 Å². The molecule has 2 aliphatic rings. The number of hydrogen-bond acceptors (Lipinski definition) is 5. The highest BCUT2D eigenvalue weighted by atomic mass is 16.3.